The van der Waals surface area contributed by atoms with E-state index in [4.69, 9.17) is 11.6 Å². The van der Waals surface area contributed by atoms with Crippen molar-refractivity contribution in [1.29, 1.82) is 0 Å². The normalized spacial score (nSPS) is 10.1. The van der Waals surface area contributed by atoms with Gasteiger partial charge in [0.2, 0.25) is 5.24 Å². The fraction of sp³-hybridized carbons (Fsp3) is 0.833. The molecule has 0 bridgehead atoms. The second-order valence-corrected chi connectivity index (χ2v) is 5.92. The van der Waals surface area contributed by atoms with Crippen LogP contribution in [0.15, 0.2) is 0 Å². The minimum absolute atomic E-state index is 0.203. The van der Waals surface area contributed by atoms with Crippen molar-refractivity contribution in [3.05, 3.63) is 0 Å². The molecule has 0 N–H and O–H groups in total. The summed E-state index contributed by atoms with van der Waals surface area (Å²) in [4.78, 5) is 10.5. The van der Waals surface area contributed by atoms with Gasteiger partial charge in [-0.1, -0.05) is 58.3 Å². The van der Waals surface area contributed by atoms with E-state index in [1.807, 2.05) is 0 Å². The Hall–Kier alpha value is -0.480. The Morgan fingerprint density at radius 1 is 0.750 bits per heavy atom. The summed E-state index contributed by atoms with van der Waals surface area (Å²) in [5.41, 5.74) is 0. The number of unbranched alkanes of at least 4 members (excludes halogenated alkanes) is 11. The molecule has 0 aliphatic heterocycles. The first kappa shape index (κ1) is 19.5. The first-order valence-corrected chi connectivity index (χ1v) is 8.79. The lowest BCUT2D eigenvalue weighted by Crippen LogP contribution is -1.86. The first-order chi connectivity index (χ1) is 9.77. The van der Waals surface area contributed by atoms with Crippen LogP contribution < -0.4 is 0 Å². The molecule has 116 valence electrons. The number of carbonyl (C=O) groups is 1. The van der Waals surface area contributed by atoms with Gasteiger partial charge in [-0.2, -0.15) is 0 Å². The van der Waals surface area contributed by atoms with Crippen molar-refractivity contribution in [3.8, 4) is 11.8 Å². The van der Waals surface area contributed by atoms with E-state index in [-0.39, 0.29) is 5.24 Å². The zero-order valence-electron chi connectivity index (χ0n) is 13.2. The minimum Gasteiger partial charge on any atom is -0.281 e. The Balaban J connectivity index is 3.11. The summed E-state index contributed by atoms with van der Waals surface area (Å²) >= 11 is 5.28. The molecule has 0 aromatic rings. The summed E-state index contributed by atoms with van der Waals surface area (Å²) in [6.07, 6.45) is 16.4. The van der Waals surface area contributed by atoms with E-state index in [1.165, 1.54) is 57.8 Å². The van der Waals surface area contributed by atoms with E-state index in [0.717, 1.165) is 25.7 Å². The molecule has 0 heterocycles. The van der Waals surface area contributed by atoms with E-state index >= 15 is 0 Å². The highest BCUT2D eigenvalue weighted by molar-refractivity contribution is 6.63. The van der Waals surface area contributed by atoms with Crippen LogP contribution in [0.2, 0.25) is 0 Å². The lowest BCUT2D eigenvalue weighted by atomic mass is 10.1. The summed E-state index contributed by atoms with van der Waals surface area (Å²) in [5, 5.41) is -0.203. The smallest absolute Gasteiger partial charge is 0.221 e. The monoisotopic (exact) mass is 298 g/mol. The lowest BCUT2D eigenvalue weighted by Gasteiger charge is -1.97. The van der Waals surface area contributed by atoms with Gasteiger partial charge in [0, 0.05) is 19.3 Å². The van der Waals surface area contributed by atoms with Gasteiger partial charge in [0.05, 0.1) is 0 Å². The molecule has 0 rings (SSSR count). The van der Waals surface area contributed by atoms with Gasteiger partial charge in [0.15, 0.2) is 0 Å². The van der Waals surface area contributed by atoms with Crippen LogP contribution in [-0.4, -0.2) is 5.24 Å². The molecular weight excluding hydrogens is 268 g/mol. The van der Waals surface area contributed by atoms with Crippen molar-refractivity contribution in [2.24, 2.45) is 0 Å². The lowest BCUT2D eigenvalue weighted by molar-refractivity contribution is -0.111. The third-order valence-corrected chi connectivity index (χ3v) is 3.64. The molecule has 0 amide bonds. The number of hydrogen-bond acceptors (Lipinski definition) is 1. The molecule has 0 fully saturated rings. The number of hydrogen-bond donors (Lipinski definition) is 0. The zero-order chi connectivity index (χ0) is 14.9. The fourth-order valence-electron chi connectivity index (χ4n) is 2.18. The van der Waals surface area contributed by atoms with Gasteiger partial charge < -0.3 is 0 Å². The summed E-state index contributed by atoms with van der Waals surface area (Å²) in [6.45, 7) is 2.25. The Morgan fingerprint density at radius 3 is 1.70 bits per heavy atom. The summed E-state index contributed by atoms with van der Waals surface area (Å²) in [6, 6.07) is 0. The molecule has 0 spiro atoms. The van der Waals surface area contributed by atoms with Gasteiger partial charge in [0.1, 0.15) is 0 Å². The summed E-state index contributed by atoms with van der Waals surface area (Å²) in [5.74, 6) is 6.55. The Labute approximate surface area is 130 Å². The SMILES string of the molecule is CCCCCCCCC#CCCCCCCCC(=O)Cl. The van der Waals surface area contributed by atoms with E-state index < -0.39 is 0 Å². The standard InChI is InChI=1S/C18H31ClO/c1-2-3-4-5-6-7-8-9-10-11-12-13-14-15-16-17-18(19)20/h2-8,11-17H2,1H3. The van der Waals surface area contributed by atoms with Gasteiger partial charge in [0.25, 0.3) is 0 Å². The third-order valence-electron chi connectivity index (χ3n) is 3.46. The van der Waals surface area contributed by atoms with Crippen molar-refractivity contribution in [3.63, 3.8) is 0 Å². The molecule has 0 saturated heterocycles. The van der Waals surface area contributed by atoms with Gasteiger partial charge >= 0.3 is 0 Å². The van der Waals surface area contributed by atoms with Crippen LogP contribution in [0.5, 0.6) is 0 Å². The first-order valence-electron chi connectivity index (χ1n) is 8.41. The van der Waals surface area contributed by atoms with Crippen molar-refractivity contribution < 1.29 is 4.79 Å². The molecule has 0 saturated carbocycles. The molecule has 20 heavy (non-hydrogen) atoms. The van der Waals surface area contributed by atoms with Crippen molar-refractivity contribution >= 4 is 16.8 Å². The number of carbonyl (C=O) groups excluding carboxylic acids is 1. The Kier molecular flexibility index (Phi) is 16.2. The van der Waals surface area contributed by atoms with Gasteiger partial charge in [-0.3, -0.25) is 4.79 Å². The largest absolute Gasteiger partial charge is 0.281 e. The number of halogens is 1. The molecule has 1 nitrogen and oxygen atoms in total. The number of rotatable bonds is 13. The summed E-state index contributed by atoms with van der Waals surface area (Å²) < 4.78 is 0. The molecule has 0 unspecified atom stereocenters. The van der Waals surface area contributed by atoms with Crippen molar-refractivity contribution in [2.45, 2.75) is 96.8 Å². The highest BCUT2D eigenvalue weighted by Gasteiger charge is 1.95. The van der Waals surface area contributed by atoms with Crippen LogP contribution in [0.1, 0.15) is 96.8 Å². The van der Waals surface area contributed by atoms with Gasteiger partial charge in [-0.25, -0.2) is 0 Å². The maximum atomic E-state index is 10.5. The molecule has 0 atom stereocenters. The van der Waals surface area contributed by atoms with Crippen molar-refractivity contribution in [2.75, 3.05) is 0 Å². The molecule has 0 aromatic heterocycles. The molecule has 2 heteroatoms. The summed E-state index contributed by atoms with van der Waals surface area (Å²) in [7, 11) is 0. The average Bonchev–Trinajstić information content (AvgIpc) is 2.43. The molecule has 0 aliphatic carbocycles. The van der Waals surface area contributed by atoms with E-state index in [1.54, 1.807) is 0 Å². The van der Waals surface area contributed by atoms with E-state index in [0.29, 0.717) is 6.42 Å². The Morgan fingerprint density at radius 2 is 1.20 bits per heavy atom. The quantitative estimate of drug-likeness (QED) is 0.223. The van der Waals surface area contributed by atoms with Crippen LogP contribution in [0, 0.1) is 11.8 Å². The van der Waals surface area contributed by atoms with Crippen molar-refractivity contribution in [1.82, 2.24) is 0 Å². The van der Waals surface area contributed by atoms with Gasteiger partial charge in [-0.15, -0.1) is 11.8 Å². The topological polar surface area (TPSA) is 17.1 Å². The predicted molar refractivity (Wildman–Crippen MR) is 88.9 cm³/mol. The van der Waals surface area contributed by atoms with Crippen LogP contribution in [0.3, 0.4) is 0 Å². The predicted octanol–water partition coefficient (Wildman–Crippen LogP) is 6.24. The molecule has 0 aromatic carbocycles. The average molecular weight is 299 g/mol. The molecular formula is C18H31ClO. The van der Waals surface area contributed by atoms with Gasteiger partial charge in [-0.05, 0) is 30.9 Å². The van der Waals surface area contributed by atoms with Crippen LogP contribution >= 0.6 is 11.6 Å². The zero-order valence-corrected chi connectivity index (χ0v) is 13.9. The minimum atomic E-state index is -0.203. The fourth-order valence-corrected chi connectivity index (χ4v) is 2.31. The Bertz CT molecular complexity index is 275. The van der Waals surface area contributed by atoms with E-state index in [2.05, 4.69) is 18.8 Å². The highest BCUT2D eigenvalue weighted by Crippen LogP contribution is 2.08. The van der Waals surface area contributed by atoms with Crippen LogP contribution in [0.4, 0.5) is 0 Å². The van der Waals surface area contributed by atoms with Crippen LogP contribution in [-0.2, 0) is 4.79 Å². The van der Waals surface area contributed by atoms with E-state index in [9.17, 15) is 4.79 Å². The highest BCUT2D eigenvalue weighted by atomic mass is 35.5. The molecule has 0 radical (unpaired) electrons. The maximum Gasteiger partial charge on any atom is 0.221 e. The van der Waals surface area contributed by atoms with Crippen LogP contribution in [0.25, 0.3) is 0 Å². The second kappa shape index (κ2) is 16.6. The third kappa shape index (κ3) is 17.5. The maximum absolute atomic E-state index is 10.5. The second-order valence-electron chi connectivity index (χ2n) is 5.49. The molecule has 0 aliphatic rings.